The van der Waals surface area contributed by atoms with Crippen molar-refractivity contribution in [1.29, 1.82) is 0 Å². The molecule has 0 amide bonds. The molecule has 3 N–H and O–H groups in total. The highest BCUT2D eigenvalue weighted by atomic mass is 16.3. The van der Waals surface area contributed by atoms with Gasteiger partial charge in [-0.1, -0.05) is 6.92 Å². The monoisotopic (exact) mass is 186 g/mol. The van der Waals surface area contributed by atoms with Gasteiger partial charge < -0.3 is 10.8 Å². The first-order chi connectivity index (χ1) is 6.17. The molecule has 0 radical (unpaired) electrons. The van der Waals surface area contributed by atoms with Gasteiger partial charge in [-0.3, -0.25) is 4.90 Å². The largest absolute Gasteiger partial charge is 0.396 e. The zero-order valence-corrected chi connectivity index (χ0v) is 8.74. The molecule has 3 heteroatoms. The number of hydrogen-bond donors (Lipinski definition) is 2. The Bertz CT molecular complexity index is 152. The second-order valence-electron chi connectivity index (χ2n) is 4.43. The van der Waals surface area contributed by atoms with Gasteiger partial charge in [-0.05, 0) is 25.2 Å². The van der Waals surface area contributed by atoms with Crippen molar-refractivity contribution in [3.05, 3.63) is 0 Å². The highest BCUT2D eigenvalue weighted by molar-refractivity contribution is 4.80. The van der Waals surface area contributed by atoms with Crippen LogP contribution in [0.1, 0.15) is 20.3 Å². The lowest BCUT2D eigenvalue weighted by Gasteiger charge is -2.39. The van der Waals surface area contributed by atoms with E-state index >= 15 is 0 Å². The molecule has 3 unspecified atom stereocenters. The van der Waals surface area contributed by atoms with Gasteiger partial charge in [0.25, 0.3) is 0 Å². The minimum absolute atomic E-state index is 0.318. The lowest BCUT2D eigenvalue weighted by atomic mass is 9.90. The first-order valence-electron chi connectivity index (χ1n) is 5.22. The van der Waals surface area contributed by atoms with Crippen LogP contribution in [0.25, 0.3) is 0 Å². The summed E-state index contributed by atoms with van der Waals surface area (Å²) >= 11 is 0. The Balaban J connectivity index is 2.46. The molecule has 3 nitrogen and oxygen atoms in total. The minimum atomic E-state index is 0.318. The summed E-state index contributed by atoms with van der Waals surface area (Å²) in [4.78, 5) is 2.40. The second-order valence-corrected chi connectivity index (χ2v) is 4.43. The summed E-state index contributed by atoms with van der Waals surface area (Å²) in [5.41, 5.74) is 5.63. The van der Waals surface area contributed by atoms with Gasteiger partial charge in [0.15, 0.2) is 0 Å². The SMILES string of the molecule is CC1CC(CO)CN(C(C)CN)C1. The van der Waals surface area contributed by atoms with Gasteiger partial charge in [-0.15, -0.1) is 0 Å². The molecule has 0 aromatic carbocycles. The van der Waals surface area contributed by atoms with E-state index in [4.69, 9.17) is 10.8 Å². The molecule has 1 saturated heterocycles. The van der Waals surface area contributed by atoms with Crippen LogP contribution in [-0.2, 0) is 0 Å². The van der Waals surface area contributed by atoms with Gasteiger partial charge in [0.05, 0.1) is 0 Å². The van der Waals surface area contributed by atoms with Crippen LogP contribution in [-0.4, -0.2) is 42.3 Å². The van der Waals surface area contributed by atoms with E-state index in [1.54, 1.807) is 0 Å². The fraction of sp³-hybridized carbons (Fsp3) is 1.00. The molecule has 0 aromatic rings. The van der Waals surface area contributed by atoms with E-state index in [1.807, 2.05) is 0 Å². The number of aliphatic hydroxyl groups is 1. The topological polar surface area (TPSA) is 49.5 Å². The van der Waals surface area contributed by atoms with Crippen LogP contribution in [0.2, 0.25) is 0 Å². The van der Waals surface area contributed by atoms with Gasteiger partial charge >= 0.3 is 0 Å². The van der Waals surface area contributed by atoms with E-state index in [0.717, 1.165) is 19.5 Å². The molecule has 1 fully saturated rings. The summed E-state index contributed by atoms with van der Waals surface area (Å²) < 4.78 is 0. The Morgan fingerprint density at radius 3 is 2.77 bits per heavy atom. The van der Waals surface area contributed by atoms with E-state index in [2.05, 4.69) is 18.7 Å². The molecular formula is C10H22N2O. The van der Waals surface area contributed by atoms with Gasteiger partial charge in [-0.2, -0.15) is 0 Å². The molecule has 0 spiro atoms. The van der Waals surface area contributed by atoms with Gasteiger partial charge in [0, 0.05) is 32.3 Å². The van der Waals surface area contributed by atoms with Crippen molar-refractivity contribution in [2.24, 2.45) is 17.6 Å². The van der Waals surface area contributed by atoms with Crippen LogP contribution in [0, 0.1) is 11.8 Å². The zero-order chi connectivity index (χ0) is 9.84. The number of aliphatic hydroxyl groups excluding tert-OH is 1. The van der Waals surface area contributed by atoms with Crippen molar-refractivity contribution in [2.75, 3.05) is 26.2 Å². The Hall–Kier alpha value is -0.120. The third kappa shape index (κ3) is 2.93. The predicted octanol–water partition coefficient (Wildman–Crippen LogP) is 0.284. The molecule has 1 aliphatic rings. The summed E-state index contributed by atoms with van der Waals surface area (Å²) in [5.74, 6) is 1.15. The zero-order valence-electron chi connectivity index (χ0n) is 8.74. The van der Waals surface area contributed by atoms with Crippen molar-refractivity contribution in [3.63, 3.8) is 0 Å². The lowest BCUT2D eigenvalue weighted by Crippen LogP contribution is -2.47. The van der Waals surface area contributed by atoms with Crippen molar-refractivity contribution < 1.29 is 5.11 Å². The fourth-order valence-corrected chi connectivity index (χ4v) is 2.17. The molecule has 78 valence electrons. The standard InChI is InChI=1S/C10H22N2O/c1-8-3-10(7-13)6-12(5-8)9(2)4-11/h8-10,13H,3-7,11H2,1-2H3. The Morgan fingerprint density at radius 2 is 2.23 bits per heavy atom. The minimum Gasteiger partial charge on any atom is -0.396 e. The highest BCUT2D eigenvalue weighted by Gasteiger charge is 2.26. The van der Waals surface area contributed by atoms with Crippen LogP contribution in [0.5, 0.6) is 0 Å². The maximum absolute atomic E-state index is 9.12. The molecule has 0 saturated carbocycles. The number of nitrogens with two attached hydrogens (primary N) is 1. The van der Waals surface area contributed by atoms with Crippen LogP contribution in [0.15, 0.2) is 0 Å². The third-order valence-corrected chi connectivity index (χ3v) is 3.00. The summed E-state index contributed by atoms with van der Waals surface area (Å²) in [6.07, 6.45) is 1.16. The van der Waals surface area contributed by atoms with E-state index in [0.29, 0.717) is 31.0 Å². The third-order valence-electron chi connectivity index (χ3n) is 3.00. The Morgan fingerprint density at radius 1 is 1.54 bits per heavy atom. The molecule has 13 heavy (non-hydrogen) atoms. The molecule has 1 rings (SSSR count). The molecular weight excluding hydrogens is 164 g/mol. The van der Waals surface area contributed by atoms with Crippen molar-refractivity contribution in [3.8, 4) is 0 Å². The number of rotatable bonds is 3. The molecule has 1 aliphatic heterocycles. The summed E-state index contributed by atoms with van der Waals surface area (Å²) in [7, 11) is 0. The Labute approximate surface area is 80.9 Å². The normalized spacial score (nSPS) is 33.2. The van der Waals surface area contributed by atoms with Crippen LogP contribution in [0.4, 0.5) is 0 Å². The van der Waals surface area contributed by atoms with E-state index < -0.39 is 0 Å². The summed E-state index contributed by atoms with van der Waals surface area (Å²) in [6.45, 7) is 7.58. The quantitative estimate of drug-likeness (QED) is 0.666. The van der Waals surface area contributed by atoms with Crippen LogP contribution in [0.3, 0.4) is 0 Å². The van der Waals surface area contributed by atoms with Crippen molar-refractivity contribution in [2.45, 2.75) is 26.3 Å². The summed E-state index contributed by atoms with van der Waals surface area (Å²) in [6, 6.07) is 0.455. The van der Waals surface area contributed by atoms with Crippen LogP contribution >= 0.6 is 0 Å². The maximum Gasteiger partial charge on any atom is 0.0471 e. The molecule has 0 aromatic heterocycles. The maximum atomic E-state index is 9.12. The summed E-state index contributed by atoms with van der Waals surface area (Å²) in [5, 5.41) is 9.12. The van der Waals surface area contributed by atoms with Crippen LogP contribution < -0.4 is 5.73 Å². The number of piperidine rings is 1. The second kappa shape index (κ2) is 4.94. The first-order valence-corrected chi connectivity index (χ1v) is 5.22. The fourth-order valence-electron chi connectivity index (χ4n) is 2.17. The average molecular weight is 186 g/mol. The molecule has 0 aliphatic carbocycles. The predicted molar refractivity (Wildman–Crippen MR) is 54.4 cm³/mol. The van der Waals surface area contributed by atoms with E-state index in [9.17, 15) is 0 Å². The van der Waals surface area contributed by atoms with Crippen molar-refractivity contribution >= 4 is 0 Å². The molecule has 1 heterocycles. The van der Waals surface area contributed by atoms with E-state index in [1.165, 1.54) is 0 Å². The molecule has 0 bridgehead atoms. The average Bonchev–Trinajstić information content (AvgIpc) is 2.15. The highest BCUT2D eigenvalue weighted by Crippen LogP contribution is 2.22. The number of nitrogens with zero attached hydrogens (tertiary/aromatic N) is 1. The number of likely N-dealkylation sites (tertiary alicyclic amines) is 1. The first kappa shape index (κ1) is 11.0. The molecule has 3 atom stereocenters. The van der Waals surface area contributed by atoms with Crippen molar-refractivity contribution in [1.82, 2.24) is 4.90 Å². The van der Waals surface area contributed by atoms with E-state index in [-0.39, 0.29) is 0 Å². The van der Waals surface area contributed by atoms with Gasteiger partial charge in [-0.25, -0.2) is 0 Å². The lowest BCUT2D eigenvalue weighted by molar-refractivity contribution is 0.0676. The smallest absolute Gasteiger partial charge is 0.0471 e. The Kier molecular flexibility index (Phi) is 4.16. The van der Waals surface area contributed by atoms with Gasteiger partial charge in [0.1, 0.15) is 0 Å². The number of hydrogen-bond acceptors (Lipinski definition) is 3. The van der Waals surface area contributed by atoms with Gasteiger partial charge in [0.2, 0.25) is 0 Å².